The highest BCUT2D eigenvalue weighted by molar-refractivity contribution is 9.10. The van der Waals surface area contributed by atoms with E-state index in [1.807, 2.05) is 6.07 Å². The number of benzene rings is 1. The smallest absolute Gasteiger partial charge is 0.352 e. The first kappa shape index (κ1) is 13.7. The van der Waals surface area contributed by atoms with Crippen molar-refractivity contribution in [3.8, 4) is 6.07 Å². The highest BCUT2D eigenvalue weighted by Gasteiger charge is 2.12. The van der Waals surface area contributed by atoms with Crippen LogP contribution in [-0.2, 0) is 9.59 Å². The second-order valence-electron chi connectivity index (χ2n) is 3.13. The fourth-order valence-corrected chi connectivity index (χ4v) is 1.50. The predicted molar refractivity (Wildman–Crippen MR) is 65.8 cm³/mol. The molecule has 0 saturated carbocycles. The molecule has 1 aromatic carbocycles. The first-order valence-corrected chi connectivity index (χ1v) is 5.38. The molecule has 0 fully saturated rings. The van der Waals surface area contributed by atoms with Gasteiger partial charge in [0, 0.05) is 4.47 Å². The Morgan fingerprint density at radius 1 is 1.39 bits per heavy atom. The third-order valence-electron chi connectivity index (χ3n) is 1.87. The minimum Gasteiger partial charge on any atom is -0.478 e. The Morgan fingerprint density at radius 2 is 2.06 bits per heavy atom. The number of nitriles is 1. The van der Waals surface area contributed by atoms with Gasteiger partial charge in [0.2, 0.25) is 0 Å². The number of carboxylic acid groups (broad SMARTS) is 2. The van der Waals surface area contributed by atoms with E-state index in [9.17, 15) is 9.59 Å². The number of nitrogens with zero attached hydrogens (tertiary/aromatic N) is 1. The van der Waals surface area contributed by atoms with Crippen LogP contribution in [0.1, 0.15) is 5.56 Å². The van der Waals surface area contributed by atoms with Crippen molar-refractivity contribution in [3.63, 3.8) is 0 Å². The summed E-state index contributed by atoms with van der Waals surface area (Å²) in [6, 6.07) is 6.44. The lowest BCUT2D eigenvalue weighted by atomic mass is 10.2. The highest BCUT2D eigenvalue weighted by Crippen LogP contribution is 2.21. The number of anilines is 1. The number of hydrogen-bond acceptors (Lipinski definition) is 4. The van der Waals surface area contributed by atoms with Gasteiger partial charge in [-0.2, -0.15) is 5.26 Å². The number of carbonyl (C=O) groups is 2. The zero-order valence-electron chi connectivity index (χ0n) is 8.85. The molecule has 0 atom stereocenters. The molecular weight excluding hydrogens is 304 g/mol. The lowest BCUT2D eigenvalue weighted by Crippen LogP contribution is -2.13. The topological polar surface area (TPSA) is 110 Å². The number of carboxylic acids is 2. The number of hydrogen-bond donors (Lipinski definition) is 3. The largest absolute Gasteiger partial charge is 0.478 e. The molecule has 0 aliphatic rings. The average Bonchev–Trinajstić information content (AvgIpc) is 2.29. The second kappa shape index (κ2) is 5.84. The molecule has 18 heavy (non-hydrogen) atoms. The first-order valence-electron chi connectivity index (χ1n) is 4.58. The minimum absolute atomic E-state index is 0.196. The zero-order valence-corrected chi connectivity index (χ0v) is 10.4. The van der Waals surface area contributed by atoms with Crippen LogP contribution < -0.4 is 5.32 Å². The normalized spacial score (nSPS) is 10.6. The predicted octanol–water partition coefficient (Wildman–Crippen LogP) is 1.79. The molecule has 0 aliphatic carbocycles. The van der Waals surface area contributed by atoms with E-state index in [0.717, 1.165) is 0 Å². The van der Waals surface area contributed by atoms with Crippen LogP contribution in [0.15, 0.2) is 34.4 Å². The molecule has 6 nitrogen and oxygen atoms in total. The summed E-state index contributed by atoms with van der Waals surface area (Å²) in [6.45, 7) is 0. The highest BCUT2D eigenvalue weighted by atomic mass is 79.9. The van der Waals surface area contributed by atoms with Crippen molar-refractivity contribution in [3.05, 3.63) is 40.0 Å². The van der Waals surface area contributed by atoms with E-state index in [2.05, 4.69) is 21.2 Å². The number of rotatable bonds is 4. The van der Waals surface area contributed by atoms with Gasteiger partial charge in [0.1, 0.15) is 11.8 Å². The maximum absolute atomic E-state index is 10.8. The van der Waals surface area contributed by atoms with Gasteiger partial charge in [-0.05, 0) is 18.2 Å². The Kier molecular flexibility index (Phi) is 4.45. The van der Waals surface area contributed by atoms with E-state index in [1.165, 1.54) is 12.1 Å². The van der Waals surface area contributed by atoms with Crippen LogP contribution in [0.25, 0.3) is 0 Å². The van der Waals surface area contributed by atoms with Crippen LogP contribution in [0, 0.1) is 11.3 Å². The summed E-state index contributed by atoms with van der Waals surface area (Å²) >= 11 is 3.17. The molecule has 0 unspecified atom stereocenters. The summed E-state index contributed by atoms with van der Waals surface area (Å²) < 4.78 is 0.656. The van der Waals surface area contributed by atoms with Crippen LogP contribution in [0.5, 0.6) is 0 Å². The van der Waals surface area contributed by atoms with Gasteiger partial charge in [-0.3, -0.25) is 0 Å². The minimum atomic E-state index is -1.43. The molecule has 0 bridgehead atoms. The van der Waals surface area contributed by atoms with E-state index in [-0.39, 0.29) is 11.3 Å². The van der Waals surface area contributed by atoms with Gasteiger partial charge < -0.3 is 15.5 Å². The van der Waals surface area contributed by atoms with Crippen molar-refractivity contribution in [1.82, 2.24) is 0 Å². The third kappa shape index (κ3) is 3.61. The molecule has 92 valence electrons. The van der Waals surface area contributed by atoms with E-state index < -0.39 is 17.6 Å². The van der Waals surface area contributed by atoms with Gasteiger partial charge in [0.25, 0.3) is 0 Å². The van der Waals surface area contributed by atoms with Crippen LogP contribution in [0.3, 0.4) is 0 Å². The van der Waals surface area contributed by atoms with Gasteiger partial charge in [-0.15, -0.1) is 0 Å². The maximum Gasteiger partial charge on any atom is 0.352 e. The Bertz CT molecular complexity index is 575. The van der Waals surface area contributed by atoms with Crippen molar-refractivity contribution in [2.45, 2.75) is 0 Å². The summed E-state index contributed by atoms with van der Waals surface area (Å²) in [7, 11) is 0. The monoisotopic (exact) mass is 310 g/mol. The molecule has 1 aromatic rings. The van der Waals surface area contributed by atoms with Crippen molar-refractivity contribution in [2.24, 2.45) is 0 Å². The average molecular weight is 311 g/mol. The van der Waals surface area contributed by atoms with Crippen LogP contribution >= 0.6 is 15.9 Å². The van der Waals surface area contributed by atoms with E-state index in [1.54, 1.807) is 6.07 Å². The van der Waals surface area contributed by atoms with Crippen molar-refractivity contribution >= 4 is 33.6 Å². The van der Waals surface area contributed by atoms with Gasteiger partial charge in [-0.25, -0.2) is 9.59 Å². The molecule has 0 aliphatic heterocycles. The first-order chi connectivity index (χ1) is 8.43. The number of nitrogens with one attached hydrogen (secondary N) is 1. The fourth-order valence-electron chi connectivity index (χ4n) is 1.14. The quantitative estimate of drug-likeness (QED) is 0.731. The molecule has 1 rings (SSSR count). The summed E-state index contributed by atoms with van der Waals surface area (Å²) in [5, 5.41) is 28.6. The SMILES string of the molecule is N#Cc1cc(Br)ccc1NC(=CC(=O)O)C(=O)O. The lowest BCUT2D eigenvalue weighted by Gasteiger charge is -2.08. The molecule has 0 spiro atoms. The van der Waals surface area contributed by atoms with Crippen molar-refractivity contribution < 1.29 is 19.8 Å². The zero-order chi connectivity index (χ0) is 13.7. The molecule has 0 radical (unpaired) electrons. The van der Waals surface area contributed by atoms with Crippen molar-refractivity contribution in [1.29, 1.82) is 5.26 Å². The van der Waals surface area contributed by atoms with Crippen LogP contribution in [0.2, 0.25) is 0 Å². The van der Waals surface area contributed by atoms with Gasteiger partial charge in [-0.1, -0.05) is 15.9 Å². The molecule has 0 amide bonds. The van der Waals surface area contributed by atoms with Gasteiger partial charge in [0.15, 0.2) is 0 Å². The summed E-state index contributed by atoms with van der Waals surface area (Å²) in [6.07, 6.45) is 0.519. The lowest BCUT2D eigenvalue weighted by molar-refractivity contribution is -0.134. The summed E-state index contributed by atoms with van der Waals surface area (Å²) in [4.78, 5) is 21.3. The van der Waals surface area contributed by atoms with E-state index in [0.29, 0.717) is 10.5 Å². The van der Waals surface area contributed by atoms with Crippen LogP contribution in [-0.4, -0.2) is 22.2 Å². The second-order valence-corrected chi connectivity index (χ2v) is 4.04. The third-order valence-corrected chi connectivity index (χ3v) is 2.36. The molecule has 0 saturated heterocycles. The molecule has 0 aromatic heterocycles. The molecule has 3 N–H and O–H groups in total. The van der Waals surface area contributed by atoms with E-state index >= 15 is 0 Å². The Balaban J connectivity index is 3.13. The Hall–Kier alpha value is -2.33. The Labute approximate surface area is 110 Å². The number of aliphatic carboxylic acids is 2. The standard InChI is InChI=1S/C11H7BrN2O4/c12-7-1-2-8(6(3-7)5-13)14-9(11(17)18)4-10(15)16/h1-4,14H,(H,15,16)(H,17,18). The molecule has 7 heteroatoms. The molecular formula is C11H7BrN2O4. The van der Waals surface area contributed by atoms with Gasteiger partial charge in [0.05, 0.1) is 17.3 Å². The maximum atomic E-state index is 10.8. The number of halogens is 1. The van der Waals surface area contributed by atoms with Gasteiger partial charge >= 0.3 is 11.9 Å². The van der Waals surface area contributed by atoms with Crippen LogP contribution in [0.4, 0.5) is 5.69 Å². The summed E-state index contributed by atoms with van der Waals surface area (Å²) in [5.74, 6) is -2.82. The fraction of sp³-hybridized carbons (Fsp3) is 0. The Morgan fingerprint density at radius 3 is 2.56 bits per heavy atom. The van der Waals surface area contributed by atoms with Crippen molar-refractivity contribution in [2.75, 3.05) is 5.32 Å². The molecule has 0 heterocycles. The van der Waals surface area contributed by atoms with E-state index in [4.69, 9.17) is 15.5 Å². The summed E-state index contributed by atoms with van der Waals surface area (Å²) in [5.41, 5.74) is -0.112.